The van der Waals surface area contributed by atoms with Crippen molar-refractivity contribution in [1.29, 1.82) is 0 Å². The van der Waals surface area contributed by atoms with Crippen LogP contribution in [0.2, 0.25) is 0 Å². The molecule has 0 fully saturated rings. The Kier molecular flexibility index (Phi) is 4.02. The lowest BCUT2D eigenvalue weighted by atomic mass is 10.1. The van der Waals surface area contributed by atoms with E-state index in [1.54, 1.807) is 18.2 Å². The standard InChI is InChI=1S/C17H13N3O5/c1-10-4-2-5-11(8-10)18-14(21)9-19-16(22)12-6-3-7-13(20(24)25)15(12)17(19)23/h2-8H,9H2,1H3,(H,18,21). The second-order valence-electron chi connectivity index (χ2n) is 5.57. The van der Waals surface area contributed by atoms with Gasteiger partial charge in [0.15, 0.2) is 0 Å². The molecule has 1 aliphatic rings. The van der Waals surface area contributed by atoms with Gasteiger partial charge in [-0.15, -0.1) is 0 Å². The minimum Gasteiger partial charge on any atom is -0.325 e. The number of anilines is 1. The summed E-state index contributed by atoms with van der Waals surface area (Å²) in [6.07, 6.45) is 0. The fraction of sp³-hybridized carbons (Fsp3) is 0.118. The second-order valence-corrected chi connectivity index (χ2v) is 5.57. The van der Waals surface area contributed by atoms with Crippen LogP contribution in [0.5, 0.6) is 0 Å². The Morgan fingerprint density at radius 1 is 1.16 bits per heavy atom. The molecule has 0 saturated heterocycles. The van der Waals surface area contributed by atoms with Gasteiger partial charge >= 0.3 is 0 Å². The molecular formula is C17H13N3O5. The largest absolute Gasteiger partial charge is 0.325 e. The molecule has 8 heteroatoms. The van der Waals surface area contributed by atoms with E-state index >= 15 is 0 Å². The summed E-state index contributed by atoms with van der Waals surface area (Å²) >= 11 is 0. The van der Waals surface area contributed by atoms with Crippen LogP contribution in [0.3, 0.4) is 0 Å². The average Bonchev–Trinajstić information content (AvgIpc) is 2.80. The number of amides is 3. The van der Waals surface area contributed by atoms with Crippen molar-refractivity contribution in [3.63, 3.8) is 0 Å². The second kappa shape index (κ2) is 6.16. The Morgan fingerprint density at radius 2 is 1.88 bits per heavy atom. The zero-order chi connectivity index (χ0) is 18.1. The number of aryl methyl sites for hydroxylation is 1. The molecule has 0 bridgehead atoms. The molecule has 0 atom stereocenters. The number of imide groups is 1. The van der Waals surface area contributed by atoms with Crippen molar-refractivity contribution in [2.24, 2.45) is 0 Å². The van der Waals surface area contributed by atoms with Crippen molar-refractivity contribution >= 4 is 29.1 Å². The topological polar surface area (TPSA) is 110 Å². The first-order valence-corrected chi connectivity index (χ1v) is 7.38. The SMILES string of the molecule is Cc1cccc(NC(=O)CN2C(=O)c3cccc([N+](=O)[O-])c3C2=O)c1. The van der Waals surface area contributed by atoms with E-state index in [0.29, 0.717) is 10.6 Å². The van der Waals surface area contributed by atoms with Gasteiger partial charge in [-0.3, -0.25) is 29.4 Å². The zero-order valence-corrected chi connectivity index (χ0v) is 13.2. The van der Waals surface area contributed by atoms with Crippen LogP contribution in [0.4, 0.5) is 11.4 Å². The summed E-state index contributed by atoms with van der Waals surface area (Å²) in [4.78, 5) is 47.9. The van der Waals surface area contributed by atoms with Crippen LogP contribution in [-0.2, 0) is 4.79 Å². The Balaban J connectivity index is 1.81. The molecular weight excluding hydrogens is 326 g/mol. The van der Waals surface area contributed by atoms with Gasteiger partial charge in [-0.2, -0.15) is 0 Å². The predicted molar refractivity (Wildman–Crippen MR) is 88.3 cm³/mol. The van der Waals surface area contributed by atoms with Crippen LogP contribution in [0.1, 0.15) is 26.3 Å². The maximum absolute atomic E-state index is 12.4. The summed E-state index contributed by atoms with van der Waals surface area (Å²) in [5.74, 6) is -2.13. The minimum absolute atomic E-state index is 0.0671. The highest BCUT2D eigenvalue weighted by Gasteiger charge is 2.41. The first-order chi connectivity index (χ1) is 11.9. The van der Waals surface area contributed by atoms with Crippen LogP contribution < -0.4 is 5.32 Å². The maximum Gasteiger partial charge on any atom is 0.282 e. The molecule has 3 rings (SSSR count). The molecule has 2 aromatic rings. The average molecular weight is 339 g/mol. The van der Waals surface area contributed by atoms with Gasteiger partial charge in [-0.05, 0) is 30.7 Å². The number of carbonyl (C=O) groups is 3. The van der Waals surface area contributed by atoms with E-state index in [0.717, 1.165) is 11.6 Å². The molecule has 0 aliphatic carbocycles. The highest BCUT2D eigenvalue weighted by atomic mass is 16.6. The number of rotatable bonds is 4. The van der Waals surface area contributed by atoms with Gasteiger partial charge < -0.3 is 5.32 Å². The lowest BCUT2D eigenvalue weighted by molar-refractivity contribution is -0.385. The quantitative estimate of drug-likeness (QED) is 0.521. The van der Waals surface area contributed by atoms with Crippen molar-refractivity contribution in [2.45, 2.75) is 6.92 Å². The molecule has 126 valence electrons. The van der Waals surface area contributed by atoms with Gasteiger partial charge in [0.05, 0.1) is 10.5 Å². The smallest absolute Gasteiger partial charge is 0.282 e. The van der Waals surface area contributed by atoms with Crippen LogP contribution >= 0.6 is 0 Å². The minimum atomic E-state index is -0.841. The van der Waals surface area contributed by atoms with Crippen LogP contribution in [0.15, 0.2) is 42.5 Å². The number of nitro groups is 1. The molecule has 1 aliphatic heterocycles. The Labute approximate surface area is 142 Å². The fourth-order valence-corrected chi connectivity index (χ4v) is 2.68. The summed E-state index contributed by atoms with van der Waals surface area (Å²) in [5, 5.41) is 13.7. The lowest BCUT2D eigenvalue weighted by Crippen LogP contribution is -2.37. The number of nitro benzene ring substituents is 1. The number of nitrogens with zero attached hydrogens (tertiary/aromatic N) is 2. The van der Waals surface area contributed by atoms with E-state index in [-0.39, 0.29) is 11.1 Å². The fourth-order valence-electron chi connectivity index (χ4n) is 2.68. The molecule has 0 unspecified atom stereocenters. The van der Waals surface area contributed by atoms with E-state index in [1.807, 2.05) is 13.0 Å². The zero-order valence-electron chi connectivity index (χ0n) is 13.2. The molecule has 25 heavy (non-hydrogen) atoms. The number of hydrogen-bond donors (Lipinski definition) is 1. The third kappa shape index (κ3) is 2.97. The van der Waals surface area contributed by atoms with Gasteiger partial charge in [-0.1, -0.05) is 18.2 Å². The molecule has 8 nitrogen and oxygen atoms in total. The highest BCUT2D eigenvalue weighted by Crippen LogP contribution is 2.30. The van der Waals surface area contributed by atoms with Crippen molar-refractivity contribution in [3.8, 4) is 0 Å². The van der Waals surface area contributed by atoms with E-state index in [9.17, 15) is 24.5 Å². The summed E-state index contributed by atoms with van der Waals surface area (Å²) in [7, 11) is 0. The molecule has 0 saturated carbocycles. The molecule has 3 amide bonds. The van der Waals surface area contributed by atoms with Crippen LogP contribution in [0.25, 0.3) is 0 Å². The number of nitrogens with one attached hydrogen (secondary N) is 1. The molecule has 1 N–H and O–H groups in total. The number of carbonyl (C=O) groups excluding carboxylic acids is 3. The number of fused-ring (bicyclic) bond motifs is 1. The van der Waals surface area contributed by atoms with Crippen molar-refractivity contribution in [2.75, 3.05) is 11.9 Å². The van der Waals surface area contributed by atoms with Crippen LogP contribution in [-0.4, -0.2) is 34.1 Å². The van der Waals surface area contributed by atoms with Crippen molar-refractivity contribution < 1.29 is 19.3 Å². The third-order valence-corrected chi connectivity index (χ3v) is 3.78. The summed E-state index contributed by atoms with van der Waals surface area (Å²) in [6, 6.07) is 10.9. The van der Waals surface area contributed by atoms with E-state index in [2.05, 4.69) is 5.32 Å². The number of benzene rings is 2. The number of hydrogen-bond acceptors (Lipinski definition) is 5. The van der Waals surface area contributed by atoms with Gasteiger partial charge in [-0.25, -0.2) is 0 Å². The first-order valence-electron chi connectivity index (χ1n) is 7.38. The molecule has 1 heterocycles. The van der Waals surface area contributed by atoms with E-state index in [1.165, 1.54) is 12.1 Å². The van der Waals surface area contributed by atoms with Crippen LogP contribution in [0, 0.1) is 17.0 Å². The lowest BCUT2D eigenvalue weighted by Gasteiger charge is -2.13. The molecule has 0 aromatic heterocycles. The third-order valence-electron chi connectivity index (χ3n) is 3.78. The van der Waals surface area contributed by atoms with Gasteiger partial charge in [0.25, 0.3) is 17.5 Å². The van der Waals surface area contributed by atoms with E-state index in [4.69, 9.17) is 0 Å². The normalized spacial score (nSPS) is 12.9. The monoisotopic (exact) mass is 339 g/mol. The molecule has 0 spiro atoms. The molecule has 2 aromatic carbocycles. The Hall–Kier alpha value is -3.55. The summed E-state index contributed by atoms with van der Waals surface area (Å²) < 4.78 is 0. The first kappa shape index (κ1) is 16.3. The van der Waals surface area contributed by atoms with E-state index < -0.39 is 34.9 Å². The highest BCUT2D eigenvalue weighted by molar-refractivity contribution is 6.24. The van der Waals surface area contributed by atoms with Gasteiger partial charge in [0.2, 0.25) is 5.91 Å². The maximum atomic E-state index is 12.4. The predicted octanol–water partition coefficient (Wildman–Crippen LogP) is 2.14. The van der Waals surface area contributed by atoms with Gasteiger partial charge in [0, 0.05) is 11.8 Å². The summed E-state index contributed by atoms with van der Waals surface area (Å²) in [5.41, 5.74) is 0.683. The molecule has 0 radical (unpaired) electrons. The van der Waals surface area contributed by atoms with Gasteiger partial charge in [0.1, 0.15) is 12.1 Å². The van der Waals surface area contributed by atoms with Crippen molar-refractivity contribution in [1.82, 2.24) is 4.90 Å². The summed E-state index contributed by atoms with van der Waals surface area (Å²) in [6.45, 7) is 1.34. The Morgan fingerprint density at radius 3 is 2.56 bits per heavy atom. The Bertz CT molecular complexity index is 922. The van der Waals surface area contributed by atoms with Crippen molar-refractivity contribution in [3.05, 3.63) is 69.3 Å².